The van der Waals surface area contributed by atoms with E-state index in [9.17, 15) is 0 Å². The Bertz CT molecular complexity index is 596. The smallest absolute Gasteiger partial charge is 0.0312 e. The molecule has 0 aliphatic heterocycles. The van der Waals surface area contributed by atoms with Gasteiger partial charge in [0.2, 0.25) is 0 Å². The van der Waals surface area contributed by atoms with Crippen LogP contribution in [-0.4, -0.2) is 11.0 Å². The van der Waals surface area contributed by atoms with Crippen molar-refractivity contribution < 1.29 is 0 Å². The molecule has 1 aromatic heterocycles. The molecule has 0 bridgehead atoms. The highest BCUT2D eigenvalue weighted by Gasteiger charge is 2.50. The lowest BCUT2D eigenvalue weighted by Crippen LogP contribution is -2.57. The van der Waals surface area contributed by atoms with Crippen molar-refractivity contribution in [3.8, 4) is 0 Å². The van der Waals surface area contributed by atoms with Crippen LogP contribution in [0.5, 0.6) is 0 Å². The summed E-state index contributed by atoms with van der Waals surface area (Å²) in [6, 6.07) is 15.9. The second kappa shape index (κ2) is 6.21. The van der Waals surface area contributed by atoms with Crippen molar-refractivity contribution in [3.63, 3.8) is 0 Å². The van der Waals surface area contributed by atoms with E-state index < -0.39 is 0 Å². The number of nitrogens with zero attached hydrogens (tertiary/aromatic N) is 1. The molecule has 0 saturated heterocycles. The quantitative estimate of drug-likeness (QED) is 0.916. The number of hydrogen-bond donors (Lipinski definition) is 1. The van der Waals surface area contributed by atoms with Crippen molar-refractivity contribution in [3.05, 3.63) is 66.0 Å². The van der Waals surface area contributed by atoms with Gasteiger partial charge in [0.25, 0.3) is 0 Å². The van der Waals surface area contributed by atoms with E-state index >= 15 is 0 Å². The first-order valence-corrected chi connectivity index (χ1v) is 8.61. The van der Waals surface area contributed by atoms with E-state index in [4.69, 9.17) is 0 Å². The van der Waals surface area contributed by atoms with Gasteiger partial charge in [-0.2, -0.15) is 0 Å². The highest BCUT2D eigenvalue weighted by atomic mass is 15.0. The summed E-state index contributed by atoms with van der Waals surface area (Å²) in [6.07, 6.45) is 9.46. The maximum absolute atomic E-state index is 4.23. The van der Waals surface area contributed by atoms with Crippen LogP contribution < -0.4 is 5.32 Å². The minimum atomic E-state index is 0.632. The van der Waals surface area contributed by atoms with Crippen molar-refractivity contribution in [2.24, 2.45) is 11.8 Å². The molecule has 1 aromatic carbocycles. The molecule has 114 valence electrons. The highest BCUT2D eigenvalue weighted by molar-refractivity contribution is 5.28. The number of hydrogen-bond acceptors (Lipinski definition) is 2. The number of benzene rings is 1. The Morgan fingerprint density at radius 1 is 0.955 bits per heavy atom. The number of rotatable bonds is 4. The Morgan fingerprint density at radius 3 is 2.55 bits per heavy atom. The molecule has 0 amide bonds. The third-order valence-corrected chi connectivity index (χ3v) is 5.63. The first-order chi connectivity index (χ1) is 10.9. The van der Waals surface area contributed by atoms with Crippen LogP contribution in [0.4, 0.5) is 0 Å². The summed E-state index contributed by atoms with van der Waals surface area (Å²) in [5.41, 5.74) is 2.81. The standard InChI is InChI=1S/C20H24N2/c1-2-8-16(9-3-1)19-17-10-4-5-11-18(17)20(19)22-14-15-7-6-12-21-13-15/h1-3,6-9,12-13,17-20,22H,4-5,10-11,14H2/t17-,18-,19-,20-/m0/s1. The number of fused-ring (bicyclic) bond motifs is 1. The van der Waals surface area contributed by atoms with Gasteiger partial charge in [-0.25, -0.2) is 0 Å². The molecular weight excluding hydrogens is 268 g/mol. The molecule has 0 radical (unpaired) electrons. The number of pyridine rings is 1. The van der Waals surface area contributed by atoms with Crippen LogP contribution in [0.2, 0.25) is 0 Å². The van der Waals surface area contributed by atoms with Crippen LogP contribution in [0, 0.1) is 11.8 Å². The van der Waals surface area contributed by atoms with Crippen LogP contribution in [-0.2, 0) is 6.54 Å². The molecule has 2 nitrogen and oxygen atoms in total. The van der Waals surface area contributed by atoms with Crippen molar-refractivity contribution in [1.82, 2.24) is 10.3 Å². The zero-order valence-electron chi connectivity index (χ0n) is 13.0. The molecular formula is C20H24N2. The zero-order valence-corrected chi connectivity index (χ0v) is 13.0. The molecule has 0 spiro atoms. The molecule has 2 saturated carbocycles. The van der Waals surface area contributed by atoms with Gasteiger partial charge < -0.3 is 5.32 Å². The number of nitrogens with one attached hydrogen (secondary N) is 1. The molecule has 1 heterocycles. The molecule has 4 rings (SSSR count). The van der Waals surface area contributed by atoms with E-state index in [1.165, 1.54) is 36.8 Å². The maximum Gasteiger partial charge on any atom is 0.0312 e. The molecule has 2 fully saturated rings. The molecule has 2 aromatic rings. The minimum Gasteiger partial charge on any atom is -0.309 e. The fraction of sp³-hybridized carbons (Fsp3) is 0.450. The van der Waals surface area contributed by atoms with Gasteiger partial charge in [0, 0.05) is 30.9 Å². The van der Waals surface area contributed by atoms with E-state index in [-0.39, 0.29) is 0 Å². The van der Waals surface area contributed by atoms with E-state index in [1.807, 2.05) is 18.5 Å². The van der Waals surface area contributed by atoms with Crippen LogP contribution in [0.25, 0.3) is 0 Å². The summed E-state index contributed by atoms with van der Waals surface area (Å²) in [7, 11) is 0. The van der Waals surface area contributed by atoms with Crippen LogP contribution in [0.15, 0.2) is 54.9 Å². The van der Waals surface area contributed by atoms with Crippen molar-refractivity contribution >= 4 is 0 Å². The van der Waals surface area contributed by atoms with Gasteiger partial charge in [0.05, 0.1) is 0 Å². The lowest BCUT2D eigenvalue weighted by molar-refractivity contribution is 0.0254. The summed E-state index contributed by atoms with van der Waals surface area (Å²) >= 11 is 0. The Balaban J connectivity index is 1.50. The lowest BCUT2D eigenvalue weighted by Gasteiger charge is -2.55. The summed E-state index contributed by atoms with van der Waals surface area (Å²) in [5.74, 6) is 2.46. The van der Waals surface area contributed by atoms with Crippen LogP contribution in [0.3, 0.4) is 0 Å². The molecule has 0 unspecified atom stereocenters. The molecule has 2 aliphatic carbocycles. The summed E-state index contributed by atoms with van der Waals surface area (Å²) in [6.45, 7) is 0.936. The fourth-order valence-corrected chi connectivity index (χ4v) is 4.61. The lowest BCUT2D eigenvalue weighted by atomic mass is 9.53. The van der Waals surface area contributed by atoms with Gasteiger partial charge in [0.15, 0.2) is 0 Å². The predicted molar refractivity (Wildman–Crippen MR) is 89.5 cm³/mol. The van der Waals surface area contributed by atoms with Gasteiger partial charge in [-0.05, 0) is 41.9 Å². The van der Waals surface area contributed by atoms with Gasteiger partial charge >= 0.3 is 0 Å². The fourth-order valence-electron chi connectivity index (χ4n) is 4.61. The minimum absolute atomic E-state index is 0.632. The van der Waals surface area contributed by atoms with E-state index in [1.54, 1.807) is 0 Å². The SMILES string of the molecule is c1ccc([C@H]2[C@H]3CCCC[C@@H]3[C@@H]2NCc2cccnc2)cc1. The van der Waals surface area contributed by atoms with Crippen molar-refractivity contribution in [1.29, 1.82) is 0 Å². The van der Waals surface area contributed by atoms with Crippen molar-refractivity contribution in [2.75, 3.05) is 0 Å². The molecule has 1 N–H and O–H groups in total. The molecule has 2 heteroatoms. The first kappa shape index (κ1) is 14.0. The average Bonchev–Trinajstić information content (AvgIpc) is 2.58. The second-order valence-corrected chi connectivity index (χ2v) is 6.82. The largest absolute Gasteiger partial charge is 0.309 e. The molecule has 22 heavy (non-hydrogen) atoms. The van der Waals surface area contributed by atoms with Gasteiger partial charge in [0.1, 0.15) is 0 Å². The summed E-state index contributed by atoms with van der Waals surface area (Å²) < 4.78 is 0. The summed E-state index contributed by atoms with van der Waals surface area (Å²) in [5, 5.41) is 3.84. The van der Waals surface area contributed by atoms with Crippen molar-refractivity contribution in [2.45, 2.75) is 44.2 Å². The predicted octanol–water partition coefficient (Wildman–Crippen LogP) is 4.14. The Hall–Kier alpha value is -1.67. The van der Waals surface area contributed by atoms with Gasteiger partial charge in [-0.1, -0.05) is 49.2 Å². The second-order valence-electron chi connectivity index (χ2n) is 6.82. The average molecular weight is 292 g/mol. The third-order valence-electron chi connectivity index (χ3n) is 5.63. The first-order valence-electron chi connectivity index (χ1n) is 8.61. The normalized spacial score (nSPS) is 30.4. The Morgan fingerprint density at radius 2 is 1.77 bits per heavy atom. The van der Waals surface area contributed by atoms with Gasteiger partial charge in [-0.3, -0.25) is 4.98 Å². The molecule has 4 atom stereocenters. The van der Waals surface area contributed by atoms with Crippen LogP contribution in [0.1, 0.15) is 42.7 Å². The Labute approximate surface area is 133 Å². The van der Waals surface area contributed by atoms with E-state index in [0.29, 0.717) is 12.0 Å². The summed E-state index contributed by atoms with van der Waals surface area (Å²) in [4.78, 5) is 4.23. The number of aromatic nitrogens is 1. The topological polar surface area (TPSA) is 24.9 Å². The highest BCUT2D eigenvalue weighted by Crippen LogP contribution is 2.54. The van der Waals surface area contributed by atoms with E-state index in [2.05, 4.69) is 46.7 Å². The van der Waals surface area contributed by atoms with Crippen LogP contribution >= 0.6 is 0 Å². The third kappa shape index (κ3) is 2.56. The maximum atomic E-state index is 4.23. The van der Waals surface area contributed by atoms with E-state index in [0.717, 1.165) is 18.4 Å². The molecule has 2 aliphatic rings. The monoisotopic (exact) mass is 292 g/mol. The zero-order chi connectivity index (χ0) is 14.8. The van der Waals surface area contributed by atoms with Gasteiger partial charge in [-0.15, -0.1) is 0 Å². The Kier molecular flexibility index (Phi) is 3.94.